The van der Waals surface area contributed by atoms with Crippen LogP contribution < -0.4 is 5.32 Å². The summed E-state index contributed by atoms with van der Waals surface area (Å²) < 4.78 is 0. The van der Waals surface area contributed by atoms with Crippen molar-refractivity contribution in [2.75, 3.05) is 0 Å². The van der Waals surface area contributed by atoms with Crippen LogP contribution in [-0.4, -0.2) is 22.1 Å². The van der Waals surface area contributed by atoms with Crippen molar-refractivity contribution in [2.24, 2.45) is 0 Å². The predicted octanol–water partition coefficient (Wildman–Crippen LogP) is 1.97. The molecule has 1 aromatic carbocycles. The van der Waals surface area contributed by atoms with Gasteiger partial charge in [0.05, 0.1) is 6.20 Å². The van der Waals surface area contributed by atoms with Crippen LogP contribution in [0.3, 0.4) is 0 Å². The molecule has 1 aliphatic carbocycles. The van der Waals surface area contributed by atoms with Gasteiger partial charge >= 0.3 is 0 Å². The number of nitrogens with zero attached hydrogens (tertiary/aromatic N) is 1. The second kappa shape index (κ2) is 4.05. The third-order valence-corrected chi connectivity index (χ3v) is 2.89. The molecule has 0 radical (unpaired) electrons. The van der Waals surface area contributed by atoms with Crippen molar-refractivity contribution in [1.29, 1.82) is 0 Å². The van der Waals surface area contributed by atoms with Crippen LogP contribution in [0.1, 0.15) is 23.2 Å². The molecular weight excluding hydrogens is 214 g/mol. The van der Waals surface area contributed by atoms with Gasteiger partial charge in [0.25, 0.3) is 5.91 Å². The number of carbonyl (C=O) groups excluding carboxylic acids is 1. The van der Waals surface area contributed by atoms with E-state index < -0.39 is 0 Å². The van der Waals surface area contributed by atoms with E-state index in [2.05, 4.69) is 15.5 Å². The highest BCUT2D eigenvalue weighted by Crippen LogP contribution is 2.21. The van der Waals surface area contributed by atoms with Gasteiger partial charge in [0.2, 0.25) is 0 Å². The fourth-order valence-corrected chi connectivity index (χ4v) is 1.72. The Kier molecular flexibility index (Phi) is 2.40. The topological polar surface area (TPSA) is 57.8 Å². The molecule has 1 aliphatic rings. The van der Waals surface area contributed by atoms with Gasteiger partial charge in [-0.1, -0.05) is 12.1 Å². The first-order valence-corrected chi connectivity index (χ1v) is 5.73. The summed E-state index contributed by atoms with van der Waals surface area (Å²) in [5.41, 5.74) is 2.80. The number of carbonyl (C=O) groups is 1. The second-order valence-corrected chi connectivity index (χ2v) is 4.31. The lowest BCUT2D eigenvalue weighted by molar-refractivity contribution is 0.0951. The molecule has 0 unspecified atom stereocenters. The summed E-state index contributed by atoms with van der Waals surface area (Å²) in [4.78, 5) is 11.8. The van der Waals surface area contributed by atoms with E-state index in [1.54, 1.807) is 6.20 Å². The van der Waals surface area contributed by atoms with E-state index in [1.807, 2.05) is 30.5 Å². The van der Waals surface area contributed by atoms with Gasteiger partial charge in [0, 0.05) is 23.4 Å². The first kappa shape index (κ1) is 10.1. The van der Waals surface area contributed by atoms with Crippen LogP contribution in [0.4, 0.5) is 0 Å². The summed E-state index contributed by atoms with van der Waals surface area (Å²) in [6.45, 7) is 0. The Morgan fingerprint density at radius 2 is 2.00 bits per heavy atom. The number of hydrogen-bond acceptors (Lipinski definition) is 2. The van der Waals surface area contributed by atoms with E-state index in [0.717, 1.165) is 24.0 Å². The molecular formula is C13H13N3O. The van der Waals surface area contributed by atoms with E-state index in [1.165, 1.54) is 0 Å². The standard InChI is InChI=1S/C13H13N3O/c17-13(16-12-5-6-12)10-3-1-9(2-4-10)11-7-14-15-8-11/h1-4,7-8,12H,5-6H2,(H,14,15)(H,16,17). The summed E-state index contributed by atoms with van der Waals surface area (Å²) in [6.07, 6.45) is 5.82. The van der Waals surface area contributed by atoms with Crippen molar-refractivity contribution in [2.45, 2.75) is 18.9 Å². The maximum Gasteiger partial charge on any atom is 0.251 e. The maximum absolute atomic E-state index is 11.8. The summed E-state index contributed by atoms with van der Waals surface area (Å²) in [5, 5.41) is 9.64. The van der Waals surface area contributed by atoms with Crippen LogP contribution in [0.5, 0.6) is 0 Å². The summed E-state index contributed by atoms with van der Waals surface area (Å²) in [7, 11) is 0. The number of aromatic amines is 1. The predicted molar refractivity (Wildman–Crippen MR) is 64.5 cm³/mol. The Morgan fingerprint density at radius 1 is 1.24 bits per heavy atom. The minimum atomic E-state index is 0.0197. The highest BCUT2D eigenvalue weighted by atomic mass is 16.1. The lowest BCUT2D eigenvalue weighted by Gasteiger charge is -2.03. The van der Waals surface area contributed by atoms with Crippen LogP contribution in [0.15, 0.2) is 36.7 Å². The molecule has 1 aromatic heterocycles. The van der Waals surface area contributed by atoms with Crippen molar-refractivity contribution in [1.82, 2.24) is 15.5 Å². The van der Waals surface area contributed by atoms with Gasteiger partial charge in [0.1, 0.15) is 0 Å². The molecule has 86 valence electrons. The van der Waals surface area contributed by atoms with E-state index in [0.29, 0.717) is 11.6 Å². The highest BCUT2D eigenvalue weighted by Gasteiger charge is 2.23. The fourth-order valence-electron chi connectivity index (χ4n) is 1.72. The van der Waals surface area contributed by atoms with Gasteiger partial charge in [-0.25, -0.2) is 0 Å². The molecule has 17 heavy (non-hydrogen) atoms. The Labute approximate surface area is 99.1 Å². The van der Waals surface area contributed by atoms with Crippen molar-refractivity contribution < 1.29 is 4.79 Å². The molecule has 1 fully saturated rings. The monoisotopic (exact) mass is 227 g/mol. The molecule has 4 nitrogen and oxygen atoms in total. The minimum Gasteiger partial charge on any atom is -0.349 e. The first-order valence-electron chi connectivity index (χ1n) is 5.73. The van der Waals surface area contributed by atoms with Gasteiger partial charge < -0.3 is 5.32 Å². The molecule has 2 aromatic rings. The van der Waals surface area contributed by atoms with Crippen molar-refractivity contribution in [3.8, 4) is 11.1 Å². The van der Waals surface area contributed by atoms with Gasteiger partial charge in [-0.15, -0.1) is 0 Å². The SMILES string of the molecule is O=C(NC1CC1)c1ccc(-c2cn[nH]c2)cc1. The zero-order chi connectivity index (χ0) is 11.7. The molecule has 0 saturated heterocycles. The van der Waals surface area contributed by atoms with Crippen LogP contribution in [-0.2, 0) is 0 Å². The number of nitrogens with one attached hydrogen (secondary N) is 2. The lowest BCUT2D eigenvalue weighted by Crippen LogP contribution is -2.25. The van der Waals surface area contributed by atoms with Gasteiger partial charge in [0.15, 0.2) is 0 Å². The van der Waals surface area contributed by atoms with Crippen molar-refractivity contribution >= 4 is 5.91 Å². The van der Waals surface area contributed by atoms with E-state index in [9.17, 15) is 4.79 Å². The Morgan fingerprint density at radius 3 is 2.59 bits per heavy atom. The minimum absolute atomic E-state index is 0.0197. The second-order valence-electron chi connectivity index (χ2n) is 4.31. The first-order chi connectivity index (χ1) is 8.33. The molecule has 2 N–H and O–H groups in total. The van der Waals surface area contributed by atoms with Crippen molar-refractivity contribution in [3.05, 3.63) is 42.2 Å². The van der Waals surface area contributed by atoms with Crippen LogP contribution in [0.25, 0.3) is 11.1 Å². The molecule has 0 spiro atoms. The zero-order valence-electron chi connectivity index (χ0n) is 9.31. The summed E-state index contributed by atoms with van der Waals surface area (Å²) >= 11 is 0. The summed E-state index contributed by atoms with van der Waals surface area (Å²) in [5.74, 6) is 0.0197. The smallest absolute Gasteiger partial charge is 0.251 e. The molecule has 1 amide bonds. The third kappa shape index (κ3) is 2.20. The number of aromatic nitrogens is 2. The molecule has 4 heteroatoms. The van der Waals surface area contributed by atoms with Gasteiger partial charge in [-0.3, -0.25) is 9.89 Å². The highest BCUT2D eigenvalue weighted by molar-refractivity contribution is 5.95. The van der Waals surface area contributed by atoms with Crippen molar-refractivity contribution in [3.63, 3.8) is 0 Å². The lowest BCUT2D eigenvalue weighted by atomic mass is 10.1. The number of hydrogen-bond donors (Lipinski definition) is 2. The zero-order valence-corrected chi connectivity index (χ0v) is 9.31. The third-order valence-electron chi connectivity index (χ3n) is 2.89. The van der Waals surface area contributed by atoms with E-state index >= 15 is 0 Å². The number of H-pyrrole nitrogens is 1. The maximum atomic E-state index is 11.8. The Balaban J connectivity index is 1.77. The fraction of sp³-hybridized carbons (Fsp3) is 0.231. The number of rotatable bonds is 3. The van der Waals surface area contributed by atoms with E-state index in [-0.39, 0.29) is 5.91 Å². The van der Waals surface area contributed by atoms with Crippen LogP contribution in [0.2, 0.25) is 0 Å². The number of amides is 1. The van der Waals surface area contributed by atoms with Gasteiger partial charge in [-0.2, -0.15) is 5.10 Å². The quantitative estimate of drug-likeness (QED) is 0.842. The average molecular weight is 227 g/mol. The van der Waals surface area contributed by atoms with Crippen LogP contribution in [0, 0.1) is 0 Å². The normalized spacial score (nSPS) is 14.6. The molecule has 1 saturated carbocycles. The summed E-state index contributed by atoms with van der Waals surface area (Å²) in [6, 6.07) is 7.97. The molecule has 0 atom stereocenters. The largest absolute Gasteiger partial charge is 0.349 e. The molecule has 3 rings (SSSR count). The van der Waals surface area contributed by atoms with E-state index in [4.69, 9.17) is 0 Å². The van der Waals surface area contributed by atoms with Crippen LogP contribution >= 0.6 is 0 Å². The average Bonchev–Trinajstić information content (AvgIpc) is 3.00. The molecule has 1 heterocycles. The number of benzene rings is 1. The Bertz CT molecular complexity index is 512. The molecule has 0 bridgehead atoms. The molecule has 0 aliphatic heterocycles. The Hall–Kier alpha value is -2.10. The van der Waals surface area contributed by atoms with Gasteiger partial charge in [-0.05, 0) is 30.5 Å².